The number of carbonyl (C=O) groups excluding carboxylic acids is 1. The minimum absolute atomic E-state index is 0.0715. The second-order valence-corrected chi connectivity index (χ2v) is 6.65. The Balaban J connectivity index is 1.50. The van der Waals surface area contributed by atoms with Gasteiger partial charge in [0.2, 0.25) is 5.91 Å². The molecule has 0 aliphatic heterocycles. The molecule has 5 heteroatoms. The van der Waals surface area contributed by atoms with Gasteiger partial charge in [0.05, 0.1) is 12.5 Å². The zero-order valence-corrected chi connectivity index (χ0v) is 12.3. The maximum absolute atomic E-state index is 12.3. The average molecular weight is 276 g/mol. The van der Waals surface area contributed by atoms with E-state index in [9.17, 15) is 4.79 Å². The first-order valence-electron chi connectivity index (χ1n) is 7.76. The Labute approximate surface area is 120 Å². The van der Waals surface area contributed by atoms with E-state index in [0.29, 0.717) is 18.5 Å². The Kier molecular flexibility index (Phi) is 3.76. The molecule has 3 rings (SSSR count). The van der Waals surface area contributed by atoms with Crippen molar-refractivity contribution in [2.45, 2.75) is 52.1 Å². The summed E-state index contributed by atoms with van der Waals surface area (Å²) in [4.78, 5) is 16.2. The third-order valence-corrected chi connectivity index (χ3v) is 5.18. The van der Waals surface area contributed by atoms with Crippen LogP contribution in [-0.4, -0.2) is 26.7 Å². The lowest BCUT2D eigenvalue weighted by Gasteiger charge is -2.29. The molecule has 2 aliphatic carbocycles. The summed E-state index contributed by atoms with van der Waals surface area (Å²) in [6, 6.07) is 0.302. The van der Waals surface area contributed by atoms with Crippen LogP contribution in [0.4, 0.5) is 0 Å². The van der Waals surface area contributed by atoms with Gasteiger partial charge in [-0.15, -0.1) is 0 Å². The van der Waals surface area contributed by atoms with Gasteiger partial charge in [0.25, 0.3) is 0 Å². The molecule has 1 heterocycles. The highest BCUT2D eigenvalue weighted by molar-refractivity contribution is 5.78. The summed E-state index contributed by atoms with van der Waals surface area (Å²) in [7, 11) is 0. The summed E-state index contributed by atoms with van der Waals surface area (Å²) in [5.74, 6) is 2.53. The number of hydrogen-bond donors (Lipinski definition) is 1. The highest BCUT2D eigenvalue weighted by Crippen LogP contribution is 2.49. The van der Waals surface area contributed by atoms with Crippen LogP contribution in [0.1, 0.15) is 39.5 Å². The summed E-state index contributed by atoms with van der Waals surface area (Å²) >= 11 is 0. The largest absolute Gasteiger partial charge is 0.353 e. The quantitative estimate of drug-likeness (QED) is 0.893. The lowest BCUT2D eigenvalue weighted by atomic mass is 9.84. The SMILES string of the molecule is C[C@H](Cn1cncn1)C(=O)N[C@H](C)[C@@H]1C[C@H]2CC[C@H]1C2. The van der Waals surface area contributed by atoms with Crippen LogP contribution in [-0.2, 0) is 11.3 Å². The molecule has 5 atom stereocenters. The van der Waals surface area contributed by atoms with Crippen molar-refractivity contribution in [2.24, 2.45) is 23.7 Å². The molecule has 0 aromatic carbocycles. The lowest BCUT2D eigenvalue weighted by Crippen LogP contribution is -2.43. The van der Waals surface area contributed by atoms with E-state index in [0.717, 1.165) is 11.8 Å². The molecule has 20 heavy (non-hydrogen) atoms. The molecule has 2 fully saturated rings. The maximum Gasteiger partial charge on any atom is 0.224 e. The van der Waals surface area contributed by atoms with Crippen LogP contribution in [0.15, 0.2) is 12.7 Å². The summed E-state index contributed by atoms with van der Waals surface area (Å²) in [6.07, 6.45) is 8.63. The highest BCUT2D eigenvalue weighted by atomic mass is 16.1. The Morgan fingerprint density at radius 2 is 2.25 bits per heavy atom. The van der Waals surface area contributed by atoms with Crippen molar-refractivity contribution in [3.8, 4) is 0 Å². The fraction of sp³-hybridized carbons (Fsp3) is 0.800. The monoisotopic (exact) mass is 276 g/mol. The van der Waals surface area contributed by atoms with E-state index in [-0.39, 0.29) is 11.8 Å². The summed E-state index contributed by atoms with van der Waals surface area (Å²) < 4.78 is 1.71. The first-order chi connectivity index (χ1) is 9.63. The zero-order chi connectivity index (χ0) is 14.1. The molecule has 0 spiro atoms. The highest BCUT2D eigenvalue weighted by Gasteiger charge is 2.42. The molecule has 5 nitrogen and oxygen atoms in total. The van der Waals surface area contributed by atoms with Gasteiger partial charge in [-0.1, -0.05) is 13.3 Å². The van der Waals surface area contributed by atoms with E-state index in [4.69, 9.17) is 0 Å². The lowest BCUT2D eigenvalue weighted by molar-refractivity contribution is -0.126. The summed E-state index contributed by atoms with van der Waals surface area (Å²) in [6.45, 7) is 4.71. The average Bonchev–Trinajstić information content (AvgIpc) is 3.15. The Morgan fingerprint density at radius 3 is 2.85 bits per heavy atom. The number of nitrogens with zero attached hydrogens (tertiary/aromatic N) is 3. The van der Waals surface area contributed by atoms with Crippen LogP contribution in [0.2, 0.25) is 0 Å². The van der Waals surface area contributed by atoms with Crippen LogP contribution in [0, 0.1) is 23.7 Å². The molecule has 0 radical (unpaired) electrons. The predicted octanol–water partition coefficient (Wildman–Crippen LogP) is 1.86. The van der Waals surface area contributed by atoms with Gasteiger partial charge in [-0.2, -0.15) is 5.10 Å². The van der Waals surface area contributed by atoms with Gasteiger partial charge < -0.3 is 5.32 Å². The Bertz CT molecular complexity index is 458. The third kappa shape index (κ3) is 2.72. The first-order valence-corrected chi connectivity index (χ1v) is 7.76. The number of rotatable bonds is 5. The molecule has 1 aromatic heterocycles. The van der Waals surface area contributed by atoms with Gasteiger partial charge in [0.1, 0.15) is 12.7 Å². The molecular weight excluding hydrogens is 252 g/mol. The first kappa shape index (κ1) is 13.6. The van der Waals surface area contributed by atoms with Crippen molar-refractivity contribution >= 4 is 5.91 Å². The number of nitrogens with one attached hydrogen (secondary N) is 1. The Hall–Kier alpha value is -1.39. The van der Waals surface area contributed by atoms with E-state index in [1.807, 2.05) is 6.92 Å². The van der Waals surface area contributed by atoms with Crippen molar-refractivity contribution in [3.63, 3.8) is 0 Å². The normalized spacial score (nSPS) is 31.2. The zero-order valence-electron chi connectivity index (χ0n) is 12.3. The van der Waals surface area contributed by atoms with Crippen LogP contribution >= 0.6 is 0 Å². The molecule has 0 saturated heterocycles. The van der Waals surface area contributed by atoms with Gasteiger partial charge in [0.15, 0.2) is 0 Å². The number of aromatic nitrogens is 3. The predicted molar refractivity (Wildman–Crippen MR) is 75.7 cm³/mol. The third-order valence-electron chi connectivity index (χ3n) is 5.18. The maximum atomic E-state index is 12.3. The molecule has 2 aliphatic rings. The molecule has 1 amide bonds. The number of amides is 1. The standard InChI is InChI=1S/C15H24N4O/c1-10(7-19-9-16-8-17-19)15(20)18-11(2)14-6-12-3-4-13(14)5-12/h8-14H,3-7H2,1-2H3,(H,18,20)/t10-,11-,12+,13+,14+/m1/s1. The van der Waals surface area contributed by atoms with Crippen molar-refractivity contribution in [3.05, 3.63) is 12.7 Å². The topological polar surface area (TPSA) is 59.8 Å². The minimum Gasteiger partial charge on any atom is -0.353 e. The van der Waals surface area contributed by atoms with Crippen LogP contribution < -0.4 is 5.32 Å². The van der Waals surface area contributed by atoms with Gasteiger partial charge in [0, 0.05) is 6.04 Å². The van der Waals surface area contributed by atoms with Gasteiger partial charge in [-0.25, -0.2) is 4.98 Å². The van der Waals surface area contributed by atoms with Crippen molar-refractivity contribution in [1.82, 2.24) is 20.1 Å². The number of carbonyl (C=O) groups is 1. The molecule has 1 aromatic rings. The van der Waals surface area contributed by atoms with E-state index in [1.165, 1.54) is 32.0 Å². The molecule has 1 N–H and O–H groups in total. The van der Waals surface area contributed by atoms with E-state index >= 15 is 0 Å². The fourth-order valence-electron chi connectivity index (χ4n) is 4.07. The smallest absolute Gasteiger partial charge is 0.224 e. The molecule has 0 unspecified atom stereocenters. The molecule has 2 saturated carbocycles. The number of fused-ring (bicyclic) bond motifs is 2. The van der Waals surface area contributed by atoms with Crippen molar-refractivity contribution in [2.75, 3.05) is 0 Å². The van der Waals surface area contributed by atoms with Crippen LogP contribution in [0.5, 0.6) is 0 Å². The van der Waals surface area contributed by atoms with Crippen LogP contribution in [0.25, 0.3) is 0 Å². The second kappa shape index (κ2) is 5.54. The summed E-state index contributed by atoms with van der Waals surface area (Å²) in [5.41, 5.74) is 0. The molecular formula is C15H24N4O. The van der Waals surface area contributed by atoms with E-state index in [1.54, 1.807) is 11.0 Å². The summed E-state index contributed by atoms with van der Waals surface area (Å²) in [5, 5.41) is 7.27. The van der Waals surface area contributed by atoms with Gasteiger partial charge in [-0.05, 0) is 43.9 Å². The van der Waals surface area contributed by atoms with Gasteiger partial charge in [-0.3, -0.25) is 9.48 Å². The fourth-order valence-corrected chi connectivity index (χ4v) is 4.07. The number of hydrogen-bond acceptors (Lipinski definition) is 3. The van der Waals surface area contributed by atoms with Crippen molar-refractivity contribution in [1.29, 1.82) is 0 Å². The van der Waals surface area contributed by atoms with Crippen LogP contribution in [0.3, 0.4) is 0 Å². The van der Waals surface area contributed by atoms with E-state index < -0.39 is 0 Å². The molecule has 110 valence electrons. The minimum atomic E-state index is -0.0715. The Morgan fingerprint density at radius 1 is 1.40 bits per heavy atom. The van der Waals surface area contributed by atoms with Crippen molar-refractivity contribution < 1.29 is 4.79 Å². The second-order valence-electron chi connectivity index (χ2n) is 6.65. The van der Waals surface area contributed by atoms with Gasteiger partial charge >= 0.3 is 0 Å². The van der Waals surface area contributed by atoms with E-state index in [2.05, 4.69) is 22.3 Å². The molecule has 2 bridgehead atoms.